The van der Waals surface area contributed by atoms with E-state index in [1.165, 1.54) is 6.07 Å². The number of anilines is 1. The zero-order chi connectivity index (χ0) is 18.8. The predicted molar refractivity (Wildman–Crippen MR) is 87.9 cm³/mol. The lowest BCUT2D eigenvalue weighted by molar-refractivity contribution is -0.385. The SMILES string of the molecule is C/C(=N/Nc1ncc(C(F)(F)F)cc1Cl)c1ccc(C)c([N+](=O)[O-])c1. The van der Waals surface area contributed by atoms with E-state index in [-0.39, 0.29) is 16.5 Å². The number of alkyl halides is 3. The average Bonchev–Trinajstić information content (AvgIpc) is 2.52. The van der Waals surface area contributed by atoms with Crippen LogP contribution in [-0.2, 0) is 6.18 Å². The Morgan fingerprint density at radius 2 is 2.04 bits per heavy atom. The van der Waals surface area contributed by atoms with Crippen molar-refractivity contribution in [3.63, 3.8) is 0 Å². The van der Waals surface area contributed by atoms with Crippen molar-refractivity contribution >= 4 is 28.8 Å². The number of hydrazone groups is 1. The van der Waals surface area contributed by atoms with Crippen LogP contribution in [0.2, 0.25) is 5.02 Å². The highest BCUT2D eigenvalue weighted by molar-refractivity contribution is 6.33. The number of nitrogens with zero attached hydrogens (tertiary/aromatic N) is 3. The summed E-state index contributed by atoms with van der Waals surface area (Å²) in [5.74, 6) is -0.0596. The molecule has 1 N–H and O–H groups in total. The number of benzene rings is 1. The Balaban J connectivity index is 2.25. The van der Waals surface area contributed by atoms with Crippen molar-refractivity contribution in [2.24, 2.45) is 5.10 Å². The van der Waals surface area contributed by atoms with Gasteiger partial charge in [-0.2, -0.15) is 18.3 Å². The quantitative estimate of drug-likeness (QED) is 0.474. The average molecular weight is 373 g/mol. The van der Waals surface area contributed by atoms with Crippen molar-refractivity contribution in [2.45, 2.75) is 20.0 Å². The Morgan fingerprint density at radius 3 is 2.60 bits per heavy atom. The van der Waals surface area contributed by atoms with Gasteiger partial charge in [0.15, 0.2) is 5.82 Å². The number of rotatable bonds is 4. The van der Waals surface area contributed by atoms with Crippen molar-refractivity contribution in [1.82, 2.24) is 4.98 Å². The van der Waals surface area contributed by atoms with Crippen molar-refractivity contribution in [2.75, 3.05) is 5.43 Å². The van der Waals surface area contributed by atoms with Crippen molar-refractivity contribution in [3.05, 3.63) is 62.3 Å². The van der Waals surface area contributed by atoms with E-state index in [2.05, 4.69) is 15.5 Å². The second kappa shape index (κ2) is 7.06. The van der Waals surface area contributed by atoms with Crippen molar-refractivity contribution in [3.8, 4) is 0 Å². The molecule has 0 aliphatic heterocycles. The van der Waals surface area contributed by atoms with Gasteiger partial charge in [0.1, 0.15) is 0 Å². The molecule has 0 fully saturated rings. The maximum absolute atomic E-state index is 12.6. The van der Waals surface area contributed by atoms with E-state index >= 15 is 0 Å². The fourth-order valence-corrected chi connectivity index (χ4v) is 2.12. The summed E-state index contributed by atoms with van der Waals surface area (Å²) < 4.78 is 37.7. The molecule has 2 aromatic rings. The lowest BCUT2D eigenvalue weighted by atomic mass is 10.1. The molecule has 0 saturated carbocycles. The summed E-state index contributed by atoms with van der Waals surface area (Å²) >= 11 is 5.77. The number of aryl methyl sites for hydroxylation is 1. The van der Waals surface area contributed by atoms with Crippen molar-refractivity contribution < 1.29 is 18.1 Å². The predicted octanol–water partition coefficient (Wildman–Crippen LogP) is 4.81. The molecular formula is C15H12ClF3N4O2. The number of aromatic nitrogens is 1. The van der Waals surface area contributed by atoms with Crippen LogP contribution in [0.3, 0.4) is 0 Å². The topological polar surface area (TPSA) is 80.4 Å². The molecule has 0 bridgehead atoms. The number of hydrogen-bond acceptors (Lipinski definition) is 5. The van der Waals surface area contributed by atoms with Gasteiger partial charge in [0.2, 0.25) is 0 Å². The number of nitro groups is 1. The van der Waals surface area contributed by atoms with E-state index in [4.69, 9.17) is 11.6 Å². The van der Waals surface area contributed by atoms with Crippen LogP contribution in [0.15, 0.2) is 35.6 Å². The third-order valence-corrected chi connectivity index (χ3v) is 3.61. The largest absolute Gasteiger partial charge is 0.417 e. The molecule has 25 heavy (non-hydrogen) atoms. The monoisotopic (exact) mass is 372 g/mol. The highest BCUT2D eigenvalue weighted by Crippen LogP contribution is 2.32. The Kier molecular flexibility index (Phi) is 5.27. The van der Waals surface area contributed by atoms with Gasteiger partial charge in [-0.3, -0.25) is 15.5 Å². The second-order valence-electron chi connectivity index (χ2n) is 5.12. The summed E-state index contributed by atoms with van der Waals surface area (Å²) in [4.78, 5) is 14.0. The minimum atomic E-state index is -4.55. The Bertz CT molecular complexity index is 853. The molecule has 6 nitrogen and oxygen atoms in total. The number of nitro benzene ring substituents is 1. The van der Waals surface area contributed by atoms with E-state index in [0.717, 1.165) is 6.07 Å². The van der Waals surface area contributed by atoms with Gasteiger partial charge in [-0.1, -0.05) is 23.7 Å². The molecule has 1 aromatic heterocycles. The van der Waals surface area contributed by atoms with Gasteiger partial charge in [0.05, 0.1) is 21.2 Å². The molecular weight excluding hydrogens is 361 g/mol. The lowest BCUT2D eigenvalue weighted by Gasteiger charge is -2.09. The van der Waals surface area contributed by atoms with Gasteiger partial charge in [0.25, 0.3) is 5.69 Å². The third-order valence-electron chi connectivity index (χ3n) is 3.32. The molecule has 0 aliphatic rings. The van der Waals surface area contributed by atoms with Gasteiger partial charge in [-0.15, -0.1) is 0 Å². The standard InChI is InChI=1S/C15H12ClF3N4O2/c1-8-3-4-10(5-13(8)23(24)25)9(2)21-22-14-12(16)6-11(7-20-14)15(17,18)19/h3-7H,1-2H3,(H,20,22)/b21-9-. The van der Waals surface area contributed by atoms with Gasteiger partial charge >= 0.3 is 6.18 Å². The molecule has 0 saturated heterocycles. The van der Waals surface area contributed by atoms with Crippen LogP contribution in [0.1, 0.15) is 23.6 Å². The van der Waals surface area contributed by atoms with Gasteiger partial charge in [0, 0.05) is 23.4 Å². The second-order valence-corrected chi connectivity index (χ2v) is 5.53. The van der Waals surface area contributed by atoms with Crippen LogP contribution < -0.4 is 5.43 Å². The molecule has 1 aromatic carbocycles. The van der Waals surface area contributed by atoms with Crippen LogP contribution in [0.4, 0.5) is 24.7 Å². The molecule has 10 heteroatoms. The number of hydrogen-bond donors (Lipinski definition) is 1. The van der Waals surface area contributed by atoms with Crippen LogP contribution in [-0.4, -0.2) is 15.6 Å². The Labute approximate surface area is 145 Å². The summed E-state index contributed by atoms with van der Waals surface area (Å²) in [5, 5.41) is 14.7. The van der Waals surface area contributed by atoms with Crippen LogP contribution in [0.25, 0.3) is 0 Å². The maximum Gasteiger partial charge on any atom is 0.417 e. The zero-order valence-electron chi connectivity index (χ0n) is 13.1. The van der Waals surface area contributed by atoms with Crippen molar-refractivity contribution in [1.29, 1.82) is 0 Å². The minimum Gasteiger partial charge on any atom is -0.260 e. The molecule has 0 unspecified atom stereocenters. The molecule has 0 aliphatic carbocycles. The molecule has 2 rings (SSSR count). The first-order valence-corrected chi connectivity index (χ1v) is 7.26. The van der Waals surface area contributed by atoms with E-state index in [1.807, 2.05) is 0 Å². The molecule has 0 amide bonds. The van der Waals surface area contributed by atoms with Crippen LogP contribution in [0, 0.1) is 17.0 Å². The molecule has 1 heterocycles. The first-order chi connectivity index (χ1) is 11.6. The smallest absolute Gasteiger partial charge is 0.260 e. The Hall–Kier alpha value is -2.68. The molecule has 0 spiro atoms. The fraction of sp³-hybridized carbons (Fsp3) is 0.200. The van der Waals surface area contributed by atoms with E-state index in [1.54, 1.807) is 26.0 Å². The number of nitrogens with one attached hydrogen (secondary N) is 1. The minimum absolute atomic E-state index is 0.0577. The maximum atomic E-state index is 12.6. The number of halogens is 4. The summed E-state index contributed by atoms with van der Waals surface area (Å²) in [6.07, 6.45) is -3.91. The molecule has 0 radical (unpaired) electrons. The summed E-state index contributed by atoms with van der Waals surface area (Å²) in [6, 6.07) is 5.32. The first kappa shape index (κ1) is 18.7. The third kappa shape index (κ3) is 4.44. The van der Waals surface area contributed by atoms with E-state index in [0.29, 0.717) is 23.0 Å². The summed E-state index contributed by atoms with van der Waals surface area (Å²) in [7, 11) is 0. The van der Waals surface area contributed by atoms with Crippen LogP contribution >= 0.6 is 11.6 Å². The fourth-order valence-electron chi connectivity index (χ4n) is 1.91. The highest BCUT2D eigenvalue weighted by Gasteiger charge is 2.31. The van der Waals surface area contributed by atoms with Gasteiger partial charge < -0.3 is 0 Å². The van der Waals surface area contributed by atoms with E-state index in [9.17, 15) is 23.3 Å². The van der Waals surface area contributed by atoms with Gasteiger partial charge in [-0.25, -0.2) is 4.98 Å². The highest BCUT2D eigenvalue weighted by atomic mass is 35.5. The van der Waals surface area contributed by atoms with E-state index < -0.39 is 16.7 Å². The summed E-state index contributed by atoms with van der Waals surface area (Å²) in [5.41, 5.74) is 2.79. The van der Waals surface area contributed by atoms with Gasteiger partial charge in [-0.05, 0) is 19.9 Å². The zero-order valence-corrected chi connectivity index (χ0v) is 13.8. The molecule has 132 valence electrons. The summed E-state index contributed by atoms with van der Waals surface area (Å²) in [6.45, 7) is 3.19. The molecule has 0 atom stereocenters. The Morgan fingerprint density at radius 1 is 1.36 bits per heavy atom. The number of pyridine rings is 1. The van der Waals surface area contributed by atoms with Crippen LogP contribution in [0.5, 0.6) is 0 Å². The lowest BCUT2D eigenvalue weighted by Crippen LogP contribution is -2.07. The first-order valence-electron chi connectivity index (χ1n) is 6.88. The normalized spacial score (nSPS) is 12.2.